The smallest absolute Gasteiger partial charge is 0.123 e. The summed E-state index contributed by atoms with van der Waals surface area (Å²) in [7, 11) is 0. The van der Waals surface area contributed by atoms with Gasteiger partial charge in [-0.1, -0.05) is 15.9 Å². The van der Waals surface area contributed by atoms with E-state index in [9.17, 15) is 4.39 Å². The van der Waals surface area contributed by atoms with E-state index in [2.05, 4.69) is 21.2 Å². The fraction of sp³-hybridized carbons (Fsp3) is 0.143. The number of nitrogens with two attached hydrogens (primary N) is 1. The van der Waals surface area contributed by atoms with Gasteiger partial charge in [-0.2, -0.15) is 0 Å². The van der Waals surface area contributed by atoms with Crippen molar-refractivity contribution in [2.24, 2.45) is 5.73 Å². The molecule has 4 heteroatoms. The van der Waals surface area contributed by atoms with Gasteiger partial charge in [-0.3, -0.25) is 0 Å². The van der Waals surface area contributed by atoms with Crippen molar-refractivity contribution in [3.8, 4) is 0 Å². The van der Waals surface area contributed by atoms with Crippen LogP contribution < -0.4 is 11.1 Å². The van der Waals surface area contributed by atoms with E-state index in [-0.39, 0.29) is 5.82 Å². The molecule has 0 fully saturated rings. The maximum absolute atomic E-state index is 13.1. The van der Waals surface area contributed by atoms with Gasteiger partial charge in [0.25, 0.3) is 0 Å². The minimum Gasteiger partial charge on any atom is -0.355 e. The zero-order valence-corrected chi connectivity index (χ0v) is 11.6. The first-order chi connectivity index (χ1) is 8.60. The first-order valence-electron chi connectivity index (χ1n) is 5.62. The molecule has 0 saturated carbocycles. The van der Waals surface area contributed by atoms with E-state index in [0.717, 1.165) is 27.0 Å². The minimum atomic E-state index is -0.270. The lowest BCUT2D eigenvalue weighted by atomic mass is 10.1. The average Bonchev–Trinajstić information content (AvgIpc) is 2.34. The van der Waals surface area contributed by atoms with E-state index in [1.807, 2.05) is 25.1 Å². The molecule has 3 N–H and O–H groups in total. The Morgan fingerprint density at radius 2 is 1.89 bits per heavy atom. The molecule has 0 spiro atoms. The molecule has 0 saturated heterocycles. The normalized spacial score (nSPS) is 10.4. The van der Waals surface area contributed by atoms with Crippen LogP contribution in [0.2, 0.25) is 0 Å². The van der Waals surface area contributed by atoms with Crippen LogP contribution in [0.4, 0.5) is 15.8 Å². The van der Waals surface area contributed by atoms with Gasteiger partial charge < -0.3 is 11.1 Å². The molecule has 2 aromatic rings. The summed E-state index contributed by atoms with van der Waals surface area (Å²) in [5.41, 5.74) is 9.31. The van der Waals surface area contributed by atoms with Crippen molar-refractivity contribution in [3.05, 3.63) is 57.8 Å². The van der Waals surface area contributed by atoms with Crippen LogP contribution in [0.5, 0.6) is 0 Å². The molecule has 0 aliphatic carbocycles. The molecule has 0 radical (unpaired) electrons. The van der Waals surface area contributed by atoms with Crippen molar-refractivity contribution in [2.75, 3.05) is 5.32 Å². The summed E-state index contributed by atoms with van der Waals surface area (Å²) in [5, 5.41) is 3.28. The third-order valence-corrected chi connectivity index (χ3v) is 3.24. The van der Waals surface area contributed by atoms with Crippen molar-refractivity contribution < 1.29 is 4.39 Å². The van der Waals surface area contributed by atoms with Crippen LogP contribution in [0.25, 0.3) is 0 Å². The molecule has 2 rings (SSSR count). The Morgan fingerprint density at radius 3 is 2.56 bits per heavy atom. The predicted octanol–water partition coefficient (Wildman–Crippen LogP) is 4.10. The number of halogens is 2. The van der Waals surface area contributed by atoms with Crippen LogP contribution in [0.15, 0.2) is 40.9 Å². The molecular formula is C14H14BrFN2. The fourth-order valence-electron chi connectivity index (χ4n) is 1.77. The summed E-state index contributed by atoms with van der Waals surface area (Å²) < 4.78 is 14.1. The molecule has 94 valence electrons. The van der Waals surface area contributed by atoms with Crippen LogP contribution >= 0.6 is 15.9 Å². The first kappa shape index (κ1) is 13.1. The molecule has 0 amide bonds. The number of benzene rings is 2. The van der Waals surface area contributed by atoms with Gasteiger partial charge in [0, 0.05) is 22.4 Å². The molecule has 0 aromatic heterocycles. The third kappa shape index (κ3) is 2.89. The second-order valence-electron chi connectivity index (χ2n) is 4.09. The quantitative estimate of drug-likeness (QED) is 0.896. The van der Waals surface area contributed by atoms with Gasteiger partial charge in [-0.15, -0.1) is 0 Å². The van der Waals surface area contributed by atoms with Gasteiger partial charge in [0.2, 0.25) is 0 Å². The van der Waals surface area contributed by atoms with Crippen LogP contribution in [0, 0.1) is 12.7 Å². The summed E-state index contributed by atoms with van der Waals surface area (Å²) in [6.07, 6.45) is 0. The van der Waals surface area contributed by atoms with Gasteiger partial charge in [-0.25, -0.2) is 4.39 Å². The second kappa shape index (κ2) is 5.50. The van der Waals surface area contributed by atoms with E-state index in [0.29, 0.717) is 6.54 Å². The van der Waals surface area contributed by atoms with E-state index in [1.165, 1.54) is 12.1 Å². The van der Waals surface area contributed by atoms with Crippen molar-refractivity contribution in [1.82, 2.24) is 0 Å². The standard InChI is InChI=1S/C14H14BrFN2/c1-9-6-11(15)2-4-13(9)18-14-5-3-12(16)7-10(14)8-17/h2-7,18H,8,17H2,1H3. The average molecular weight is 309 g/mol. The van der Waals surface area contributed by atoms with Gasteiger partial charge in [0.15, 0.2) is 0 Å². The number of anilines is 2. The molecule has 2 aromatic carbocycles. The number of hydrogen-bond donors (Lipinski definition) is 2. The minimum absolute atomic E-state index is 0.270. The lowest BCUT2D eigenvalue weighted by Crippen LogP contribution is -2.03. The molecule has 0 atom stereocenters. The lowest BCUT2D eigenvalue weighted by Gasteiger charge is -2.13. The zero-order chi connectivity index (χ0) is 13.1. The van der Waals surface area contributed by atoms with Crippen molar-refractivity contribution in [1.29, 1.82) is 0 Å². The topological polar surface area (TPSA) is 38.0 Å². The maximum atomic E-state index is 13.1. The summed E-state index contributed by atoms with van der Waals surface area (Å²) >= 11 is 3.42. The SMILES string of the molecule is Cc1cc(Br)ccc1Nc1ccc(F)cc1CN. The van der Waals surface area contributed by atoms with E-state index < -0.39 is 0 Å². The summed E-state index contributed by atoms with van der Waals surface area (Å²) in [5.74, 6) is -0.270. The largest absolute Gasteiger partial charge is 0.355 e. The Bertz CT molecular complexity index is 570. The zero-order valence-electron chi connectivity index (χ0n) is 10.0. The van der Waals surface area contributed by atoms with Gasteiger partial charge in [0.1, 0.15) is 5.82 Å². The molecule has 2 nitrogen and oxygen atoms in total. The van der Waals surface area contributed by atoms with Gasteiger partial charge in [0.05, 0.1) is 0 Å². The Morgan fingerprint density at radius 1 is 1.17 bits per heavy atom. The maximum Gasteiger partial charge on any atom is 0.123 e. The van der Waals surface area contributed by atoms with Crippen LogP contribution in [0.3, 0.4) is 0 Å². The number of rotatable bonds is 3. The predicted molar refractivity (Wildman–Crippen MR) is 76.5 cm³/mol. The van der Waals surface area contributed by atoms with Gasteiger partial charge >= 0.3 is 0 Å². The van der Waals surface area contributed by atoms with Crippen molar-refractivity contribution >= 4 is 27.3 Å². The number of aryl methyl sites for hydroxylation is 1. The summed E-state index contributed by atoms with van der Waals surface area (Å²) in [6.45, 7) is 2.31. The molecule has 0 aliphatic heterocycles. The third-order valence-electron chi connectivity index (χ3n) is 2.74. The molecule has 0 bridgehead atoms. The first-order valence-corrected chi connectivity index (χ1v) is 6.41. The van der Waals surface area contributed by atoms with Gasteiger partial charge in [-0.05, 0) is 54.4 Å². The highest BCUT2D eigenvalue weighted by molar-refractivity contribution is 9.10. The summed E-state index contributed by atoms with van der Waals surface area (Å²) in [6, 6.07) is 10.5. The Labute approximate surface area is 114 Å². The van der Waals surface area contributed by atoms with Crippen LogP contribution in [-0.2, 0) is 6.54 Å². The summed E-state index contributed by atoms with van der Waals surface area (Å²) in [4.78, 5) is 0. The highest BCUT2D eigenvalue weighted by Gasteiger charge is 2.05. The number of nitrogens with one attached hydrogen (secondary N) is 1. The highest BCUT2D eigenvalue weighted by Crippen LogP contribution is 2.26. The Balaban J connectivity index is 2.33. The molecule has 0 unspecified atom stereocenters. The highest BCUT2D eigenvalue weighted by atomic mass is 79.9. The second-order valence-corrected chi connectivity index (χ2v) is 5.01. The Hall–Kier alpha value is -1.39. The lowest BCUT2D eigenvalue weighted by molar-refractivity contribution is 0.626. The number of hydrogen-bond acceptors (Lipinski definition) is 2. The van der Waals surface area contributed by atoms with E-state index in [4.69, 9.17) is 5.73 Å². The molecular weight excluding hydrogens is 295 g/mol. The van der Waals surface area contributed by atoms with E-state index in [1.54, 1.807) is 6.07 Å². The van der Waals surface area contributed by atoms with Crippen molar-refractivity contribution in [2.45, 2.75) is 13.5 Å². The van der Waals surface area contributed by atoms with E-state index >= 15 is 0 Å². The molecule has 0 heterocycles. The van der Waals surface area contributed by atoms with Crippen LogP contribution in [-0.4, -0.2) is 0 Å². The fourth-order valence-corrected chi connectivity index (χ4v) is 2.24. The Kier molecular flexibility index (Phi) is 3.99. The molecule has 0 aliphatic rings. The monoisotopic (exact) mass is 308 g/mol. The van der Waals surface area contributed by atoms with Crippen LogP contribution in [0.1, 0.15) is 11.1 Å². The van der Waals surface area contributed by atoms with Crippen molar-refractivity contribution in [3.63, 3.8) is 0 Å². The molecule has 18 heavy (non-hydrogen) atoms.